The van der Waals surface area contributed by atoms with Gasteiger partial charge in [0.2, 0.25) is 5.88 Å². The molecule has 1 aromatic heterocycles. The summed E-state index contributed by atoms with van der Waals surface area (Å²) in [6.07, 6.45) is 1.32. The van der Waals surface area contributed by atoms with E-state index in [1.54, 1.807) is 0 Å². The van der Waals surface area contributed by atoms with Gasteiger partial charge in [0, 0.05) is 6.61 Å². The Hall–Kier alpha value is -0.630. The van der Waals surface area contributed by atoms with E-state index in [2.05, 4.69) is 9.97 Å². The van der Waals surface area contributed by atoms with Crippen molar-refractivity contribution in [1.29, 1.82) is 0 Å². The first kappa shape index (κ1) is 11.4. The minimum atomic E-state index is -0.188. The van der Waals surface area contributed by atoms with Gasteiger partial charge in [-0.1, -0.05) is 0 Å². The molecule has 0 spiro atoms. The summed E-state index contributed by atoms with van der Waals surface area (Å²) >= 11 is 1.89. The summed E-state index contributed by atoms with van der Waals surface area (Å²) < 4.78 is 10.8. The topological polar surface area (TPSA) is 64.2 Å². The molecule has 0 aromatic carbocycles. The third kappa shape index (κ3) is 3.26. The van der Waals surface area contributed by atoms with Gasteiger partial charge < -0.3 is 14.5 Å². The Morgan fingerprint density at radius 1 is 1.57 bits per heavy atom. The Morgan fingerprint density at radius 3 is 3.07 bits per heavy atom. The van der Waals surface area contributed by atoms with Crippen molar-refractivity contribution in [2.24, 2.45) is 0 Å². The molecule has 1 aromatic rings. The Morgan fingerprint density at radius 2 is 2.36 bits per heavy atom. The number of aromatic nitrogens is 2. The number of nitrogens with one attached hydrogen (secondary N) is 1. The predicted molar refractivity (Wildman–Crippen MR) is 59.6 cm³/mol. The van der Waals surface area contributed by atoms with Gasteiger partial charge in [-0.25, -0.2) is 4.98 Å². The Labute approximate surface area is 95.0 Å². The second kappa shape index (κ2) is 5.97. The maximum atomic E-state index is 11.1. The number of ether oxygens (including phenoxy) is 2. The van der Waals surface area contributed by atoms with Gasteiger partial charge in [-0.15, -0.1) is 0 Å². The normalized spacial score (nSPS) is 10.1. The lowest BCUT2D eigenvalue weighted by Crippen LogP contribution is -2.15. The van der Waals surface area contributed by atoms with E-state index in [9.17, 15) is 4.79 Å². The van der Waals surface area contributed by atoms with Crippen LogP contribution in [0.2, 0.25) is 0 Å². The summed E-state index contributed by atoms with van der Waals surface area (Å²) in [6, 6.07) is 0. The summed E-state index contributed by atoms with van der Waals surface area (Å²) in [6.45, 7) is 3.47. The molecule has 0 bridgehead atoms. The van der Waals surface area contributed by atoms with E-state index in [1.807, 2.05) is 29.5 Å². The van der Waals surface area contributed by atoms with Crippen molar-refractivity contribution in [2.75, 3.05) is 19.8 Å². The van der Waals surface area contributed by atoms with Crippen LogP contribution in [0.25, 0.3) is 0 Å². The van der Waals surface area contributed by atoms with Crippen LogP contribution in [0.1, 0.15) is 6.92 Å². The van der Waals surface area contributed by atoms with Gasteiger partial charge in [0.05, 0.1) is 12.9 Å². The lowest BCUT2D eigenvalue weighted by Gasteiger charge is -2.05. The van der Waals surface area contributed by atoms with E-state index < -0.39 is 0 Å². The number of rotatable bonds is 5. The lowest BCUT2D eigenvalue weighted by atomic mass is 10.6. The SMILES string of the molecule is CCOCCOc1nc[nH]c(=O)c1I. The number of hydrogen-bond acceptors (Lipinski definition) is 4. The maximum absolute atomic E-state index is 11.1. The zero-order valence-corrected chi connectivity index (χ0v) is 9.91. The molecule has 5 nitrogen and oxygen atoms in total. The first-order valence-corrected chi connectivity index (χ1v) is 5.27. The first-order chi connectivity index (χ1) is 6.75. The predicted octanol–water partition coefficient (Wildman–Crippen LogP) is 0.790. The van der Waals surface area contributed by atoms with Crippen LogP contribution in [0.15, 0.2) is 11.1 Å². The molecular weight excluding hydrogens is 299 g/mol. The molecular formula is C8H11IN2O3. The van der Waals surface area contributed by atoms with Crippen LogP contribution in [0, 0.1) is 3.57 Å². The fraction of sp³-hybridized carbons (Fsp3) is 0.500. The van der Waals surface area contributed by atoms with Crippen molar-refractivity contribution in [2.45, 2.75) is 6.92 Å². The summed E-state index contributed by atoms with van der Waals surface area (Å²) in [5.74, 6) is 0.356. The molecule has 0 aliphatic heterocycles. The zero-order chi connectivity index (χ0) is 10.4. The van der Waals surface area contributed by atoms with Gasteiger partial charge >= 0.3 is 0 Å². The number of nitrogens with zero attached hydrogens (tertiary/aromatic N) is 1. The number of aromatic amines is 1. The fourth-order valence-electron chi connectivity index (χ4n) is 0.809. The van der Waals surface area contributed by atoms with Crippen LogP contribution >= 0.6 is 22.6 Å². The molecule has 0 saturated heterocycles. The van der Waals surface area contributed by atoms with E-state index in [4.69, 9.17) is 9.47 Å². The molecule has 1 heterocycles. The Kier molecular flexibility index (Phi) is 4.88. The van der Waals surface area contributed by atoms with Crippen LogP contribution in [0.5, 0.6) is 5.88 Å². The molecule has 0 fully saturated rings. The smallest absolute Gasteiger partial charge is 0.268 e. The highest BCUT2D eigenvalue weighted by molar-refractivity contribution is 14.1. The molecule has 1 N–H and O–H groups in total. The summed E-state index contributed by atoms with van der Waals surface area (Å²) in [5, 5.41) is 0. The van der Waals surface area contributed by atoms with E-state index in [0.717, 1.165) is 0 Å². The molecule has 78 valence electrons. The van der Waals surface area contributed by atoms with Crippen molar-refractivity contribution in [3.05, 3.63) is 20.3 Å². The van der Waals surface area contributed by atoms with Crippen LogP contribution in [-0.4, -0.2) is 29.8 Å². The minimum absolute atomic E-state index is 0.188. The highest BCUT2D eigenvalue weighted by Crippen LogP contribution is 2.10. The van der Waals surface area contributed by atoms with E-state index in [0.29, 0.717) is 29.3 Å². The average Bonchev–Trinajstić information content (AvgIpc) is 2.19. The number of halogens is 1. The van der Waals surface area contributed by atoms with Crippen LogP contribution in [-0.2, 0) is 4.74 Å². The van der Waals surface area contributed by atoms with E-state index in [1.165, 1.54) is 6.33 Å². The third-order valence-electron chi connectivity index (χ3n) is 1.44. The standard InChI is InChI=1S/C8H11IN2O3/c1-2-13-3-4-14-8-6(9)7(12)10-5-11-8/h5H,2-4H2,1H3,(H,10,11,12). The van der Waals surface area contributed by atoms with Gasteiger partial charge in [0.25, 0.3) is 5.56 Å². The maximum Gasteiger partial charge on any atom is 0.268 e. The summed E-state index contributed by atoms with van der Waals surface area (Å²) in [7, 11) is 0. The lowest BCUT2D eigenvalue weighted by molar-refractivity contribution is 0.108. The highest BCUT2D eigenvalue weighted by Gasteiger charge is 2.05. The van der Waals surface area contributed by atoms with Crippen LogP contribution in [0.3, 0.4) is 0 Å². The summed E-state index contributed by atoms with van der Waals surface area (Å²) in [4.78, 5) is 17.5. The molecule has 14 heavy (non-hydrogen) atoms. The fourth-order valence-corrected chi connectivity index (χ4v) is 1.26. The average molecular weight is 310 g/mol. The minimum Gasteiger partial charge on any atom is -0.474 e. The van der Waals surface area contributed by atoms with Crippen molar-refractivity contribution in [3.8, 4) is 5.88 Å². The van der Waals surface area contributed by atoms with E-state index >= 15 is 0 Å². The van der Waals surface area contributed by atoms with Crippen LogP contribution in [0.4, 0.5) is 0 Å². The molecule has 0 unspecified atom stereocenters. The summed E-state index contributed by atoms with van der Waals surface area (Å²) in [5.41, 5.74) is -0.188. The quantitative estimate of drug-likeness (QED) is 0.645. The largest absolute Gasteiger partial charge is 0.474 e. The van der Waals surface area contributed by atoms with Gasteiger partial charge in [0.15, 0.2) is 0 Å². The van der Waals surface area contributed by atoms with Crippen LogP contribution < -0.4 is 10.3 Å². The monoisotopic (exact) mass is 310 g/mol. The van der Waals surface area contributed by atoms with Crippen molar-refractivity contribution in [1.82, 2.24) is 9.97 Å². The van der Waals surface area contributed by atoms with Gasteiger partial charge in [-0.05, 0) is 29.5 Å². The highest BCUT2D eigenvalue weighted by atomic mass is 127. The number of hydrogen-bond donors (Lipinski definition) is 1. The van der Waals surface area contributed by atoms with Gasteiger partial charge in [0.1, 0.15) is 10.2 Å². The molecule has 6 heteroatoms. The molecule has 0 atom stereocenters. The van der Waals surface area contributed by atoms with Gasteiger partial charge in [-0.3, -0.25) is 4.79 Å². The Bertz CT molecular complexity index is 340. The molecule has 0 amide bonds. The first-order valence-electron chi connectivity index (χ1n) is 4.19. The van der Waals surface area contributed by atoms with Gasteiger partial charge in [-0.2, -0.15) is 0 Å². The Balaban J connectivity index is 2.51. The van der Waals surface area contributed by atoms with Crippen molar-refractivity contribution >= 4 is 22.6 Å². The molecule has 0 aliphatic carbocycles. The van der Waals surface area contributed by atoms with E-state index in [-0.39, 0.29) is 5.56 Å². The number of H-pyrrole nitrogens is 1. The third-order valence-corrected chi connectivity index (χ3v) is 2.39. The zero-order valence-electron chi connectivity index (χ0n) is 7.75. The second-order valence-electron chi connectivity index (χ2n) is 2.40. The van der Waals surface area contributed by atoms with Crippen molar-refractivity contribution < 1.29 is 9.47 Å². The molecule has 0 radical (unpaired) electrons. The molecule has 0 saturated carbocycles. The van der Waals surface area contributed by atoms with Crippen molar-refractivity contribution in [3.63, 3.8) is 0 Å². The molecule has 1 rings (SSSR count). The second-order valence-corrected chi connectivity index (χ2v) is 3.47. The molecule has 0 aliphatic rings.